The number of hydrogen-bond donors (Lipinski definition) is 1. The van der Waals surface area contributed by atoms with E-state index in [0.717, 1.165) is 16.0 Å². The summed E-state index contributed by atoms with van der Waals surface area (Å²) in [5.74, 6) is -0.242. The van der Waals surface area contributed by atoms with Crippen molar-refractivity contribution in [1.82, 2.24) is 9.97 Å². The molecular weight excluding hydrogens is 374 g/mol. The predicted octanol–water partition coefficient (Wildman–Crippen LogP) is 4.50. The number of rotatable bonds is 6. The van der Waals surface area contributed by atoms with Crippen LogP contribution in [0.15, 0.2) is 42.7 Å². The van der Waals surface area contributed by atoms with E-state index in [2.05, 4.69) is 15.3 Å². The fraction of sp³-hybridized carbons (Fsp3) is 0.238. The van der Waals surface area contributed by atoms with Crippen LogP contribution in [0.5, 0.6) is 0 Å². The Balaban J connectivity index is 1.84. The van der Waals surface area contributed by atoms with E-state index in [0.29, 0.717) is 28.4 Å². The predicted molar refractivity (Wildman–Crippen MR) is 110 cm³/mol. The average Bonchev–Trinajstić information content (AvgIpc) is 3.03. The lowest BCUT2D eigenvalue weighted by Crippen LogP contribution is -2.15. The second-order valence-electron chi connectivity index (χ2n) is 6.03. The van der Waals surface area contributed by atoms with E-state index in [4.69, 9.17) is 4.74 Å². The maximum absolute atomic E-state index is 12.7. The number of carbonyl (C=O) groups excluding carboxylic acids is 2. The lowest BCUT2D eigenvalue weighted by atomic mass is 10.1. The number of amides is 1. The van der Waals surface area contributed by atoms with Gasteiger partial charge in [0.05, 0.1) is 17.7 Å². The zero-order chi connectivity index (χ0) is 20.1. The van der Waals surface area contributed by atoms with Gasteiger partial charge in [-0.2, -0.15) is 0 Å². The number of anilines is 1. The fourth-order valence-corrected chi connectivity index (χ4v) is 4.00. The van der Waals surface area contributed by atoms with Crippen LogP contribution < -0.4 is 5.32 Å². The highest BCUT2D eigenvalue weighted by molar-refractivity contribution is 7.16. The standard InChI is InChI=1S/C21H21N3O3S/c1-4-16-13(3)28-20(17(16)21(26)27-5-2)24-19(25)15-11-22-18(23-12-15)14-9-7-6-8-10-14/h6-12H,4-5H2,1-3H3,(H,24,25). The summed E-state index contributed by atoms with van der Waals surface area (Å²) >= 11 is 1.37. The van der Waals surface area contributed by atoms with Crippen molar-refractivity contribution in [2.75, 3.05) is 11.9 Å². The Morgan fingerprint density at radius 3 is 2.39 bits per heavy atom. The first-order valence-corrected chi connectivity index (χ1v) is 9.85. The molecule has 1 amide bonds. The Morgan fingerprint density at radius 1 is 1.11 bits per heavy atom. The topological polar surface area (TPSA) is 81.2 Å². The molecule has 1 N–H and O–H groups in total. The molecule has 6 nitrogen and oxygen atoms in total. The minimum Gasteiger partial charge on any atom is -0.462 e. The molecule has 2 heterocycles. The first kappa shape index (κ1) is 19.7. The second kappa shape index (κ2) is 8.75. The number of thiophene rings is 1. The van der Waals surface area contributed by atoms with Crippen LogP contribution >= 0.6 is 11.3 Å². The quantitative estimate of drug-likeness (QED) is 0.621. The van der Waals surface area contributed by atoms with Crippen LogP contribution in [0.3, 0.4) is 0 Å². The van der Waals surface area contributed by atoms with E-state index in [1.54, 1.807) is 6.92 Å². The lowest BCUT2D eigenvalue weighted by molar-refractivity contribution is 0.0527. The van der Waals surface area contributed by atoms with Crippen LogP contribution in [-0.4, -0.2) is 28.5 Å². The van der Waals surface area contributed by atoms with Crippen molar-refractivity contribution in [2.24, 2.45) is 0 Å². The maximum atomic E-state index is 12.7. The van der Waals surface area contributed by atoms with Gasteiger partial charge in [-0.1, -0.05) is 37.3 Å². The summed E-state index contributed by atoms with van der Waals surface area (Å²) in [6.45, 7) is 5.94. The first-order chi connectivity index (χ1) is 13.5. The second-order valence-corrected chi connectivity index (χ2v) is 7.26. The van der Waals surface area contributed by atoms with E-state index in [9.17, 15) is 9.59 Å². The molecule has 0 spiro atoms. The highest BCUT2D eigenvalue weighted by Crippen LogP contribution is 2.34. The van der Waals surface area contributed by atoms with Crippen LogP contribution in [-0.2, 0) is 11.2 Å². The Labute approximate surface area is 167 Å². The van der Waals surface area contributed by atoms with Crippen LogP contribution in [0.4, 0.5) is 5.00 Å². The van der Waals surface area contributed by atoms with Crippen molar-refractivity contribution in [3.05, 3.63) is 64.3 Å². The third-order valence-corrected chi connectivity index (χ3v) is 5.28. The summed E-state index contributed by atoms with van der Waals surface area (Å²) in [4.78, 5) is 34.6. The van der Waals surface area contributed by atoms with Gasteiger partial charge in [-0.3, -0.25) is 4.79 Å². The third kappa shape index (κ3) is 4.09. The SMILES string of the molecule is CCOC(=O)c1c(NC(=O)c2cnc(-c3ccccc3)nc2)sc(C)c1CC. The smallest absolute Gasteiger partial charge is 0.341 e. The molecule has 0 aliphatic heterocycles. The number of esters is 1. The highest BCUT2D eigenvalue weighted by Gasteiger charge is 2.24. The number of ether oxygens (including phenoxy) is 1. The van der Waals surface area contributed by atoms with Gasteiger partial charge in [0.2, 0.25) is 0 Å². The van der Waals surface area contributed by atoms with Crippen molar-refractivity contribution in [2.45, 2.75) is 27.2 Å². The summed E-state index contributed by atoms with van der Waals surface area (Å²) in [7, 11) is 0. The van der Waals surface area contributed by atoms with E-state index in [1.807, 2.05) is 44.2 Å². The number of nitrogens with one attached hydrogen (secondary N) is 1. The van der Waals surface area contributed by atoms with Crippen LogP contribution in [0.1, 0.15) is 45.0 Å². The molecule has 0 saturated carbocycles. The molecule has 144 valence electrons. The van der Waals surface area contributed by atoms with E-state index in [-0.39, 0.29) is 12.5 Å². The van der Waals surface area contributed by atoms with Crippen molar-refractivity contribution < 1.29 is 14.3 Å². The Morgan fingerprint density at radius 2 is 1.79 bits per heavy atom. The molecule has 0 saturated heterocycles. The number of benzene rings is 1. The Bertz CT molecular complexity index is 982. The Hall–Kier alpha value is -3.06. The van der Waals surface area contributed by atoms with Gasteiger partial charge in [0.25, 0.3) is 5.91 Å². The molecule has 0 fully saturated rings. The summed E-state index contributed by atoms with van der Waals surface area (Å²) in [5, 5.41) is 3.31. The number of carbonyl (C=O) groups is 2. The third-order valence-electron chi connectivity index (χ3n) is 4.22. The van der Waals surface area contributed by atoms with Gasteiger partial charge in [-0.05, 0) is 25.8 Å². The monoisotopic (exact) mass is 395 g/mol. The zero-order valence-corrected chi connectivity index (χ0v) is 16.8. The Kier molecular flexibility index (Phi) is 6.16. The van der Waals surface area contributed by atoms with E-state index < -0.39 is 5.97 Å². The molecule has 3 aromatic rings. The van der Waals surface area contributed by atoms with Gasteiger partial charge in [0, 0.05) is 22.8 Å². The van der Waals surface area contributed by atoms with Crippen LogP contribution in [0.2, 0.25) is 0 Å². The average molecular weight is 395 g/mol. The molecule has 7 heteroatoms. The normalized spacial score (nSPS) is 10.5. The molecule has 0 radical (unpaired) electrons. The molecular formula is C21H21N3O3S. The van der Waals surface area contributed by atoms with Gasteiger partial charge in [-0.15, -0.1) is 11.3 Å². The molecule has 28 heavy (non-hydrogen) atoms. The molecule has 0 aliphatic carbocycles. The van der Waals surface area contributed by atoms with Gasteiger partial charge < -0.3 is 10.1 Å². The van der Waals surface area contributed by atoms with Gasteiger partial charge in [0.15, 0.2) is 5.82 Å². The van der Waals surface area contributed by atoms with Crippen molar-refractivity contribution in [3.63, 3.8) is 0 Å². The van der Waals surface area contributed by atoms with Crippen LogP contribution in [0, 0.1) is 6.92 Å². The molecule has 1 aromatic carbocycles. The summed E-state index contributed by atoms with van der Waals surface area (Å²) < 4.78 is 5.17. The first-order valence-electron chi connectivity index (χ1n) is 9.03. The highest BCUT2D eigenvalue weighted by atomic mass is 32.1. The number of hydrogen-bond acceptors (Lipinski definition) is 6. The fourth-order valence-electron chi connectivity index (χ4n) is 2.87. The van der Waals surface area contributed by atoms with Crippen molar-refractivity contribution in [1.29, 1.82) is 0 Å². The molecule has 0 unspecified atom stereocenters. The summed E-state index contributed by atoms with van der Waals surface area (Å²) in [5.41, 5.74) is 2.52. The van der Waals surface area contributed by atoms with Crippen molar-refractivity contribution in [3.8, 4) is 11.4 Å². The lowest BCUT2D eigenvalue weighted by Gasteiger charge is -2.08. The number of aryl methyl sites for hydroxylation is 1. The molecule has 3 rings (SSSR count). The van der Waals surface area contributed by atoms with Crippen molar-refractivity contribution >= 4 is 28.2 Å². The van der Waals surface area contributed by atoms with Gasteiger partial charge in [0.1, 0.15) is 5.00 Å². The van der Waals surface area contributed by atoms with E-state index in [1.165, 1.54) is 23.7 Å². The number of aromatic nitrogens is 2. The largest absolute Gasteiger partial charge is 0.462 e. The number of nitrogens with zero attached hydrogens (tertiary/aromatic N) is 2. The molecule has 0 aliphatic rings. The molecule has 2 aromatic heterocycles. The van der Waals surface area contributed by atoms with Gasteiger partial charge in [-0.25, -0.2) is 14.8 Å². The maximum Gasteiger partial charge on any atom is 0.341 e. The van der Waals surface area contributed by atoms with Gasteiger partial charge >= 0.3 is 5.97 Å². The van der Waals surface area contributed by atoms with Crippen LogP contribution in [0.25, 0.3) is 11.4 Å². The summed E-state index contributed by atoms with van der Waals surface area (Å²) in [6.07, 6.45) is 3.65. The molecule has 0 atom stereocenters. The van der Waals surface area contributed by atoms with E-state index >= 15 is 0 Å². The zero-order valence-electron chi connectivity index (χ0n) is 16.0. The summed E-state index contributed by atoms with van der Waals surface area (Å²) in [6, 6.07) is 9.53. The minimum atomic E-state index is -0.422. The minimum absolute atomic E-state index is 0.277. The molecule has 0 bridgehead atoms.